The Labute approximate surface area is 90.7 Å². The summed E-state index contributed by atoms with van der Waals surface area (Å²) in [5, 5.41) is 7.26. The number of halogens is 2. The predicted octanol–water partition coefficient (Wildman–Crippen LogP) is 1.75. The minimum absolute atomic E-state index is 0.510. The third kappa shape index (κ3) is 1.32. The summed E-state index contributed by atoms with van der Waals surface area (Å²) in [4.78, 5) is 0. The fraction of sp³-hybridized carbons (Fsp3) is 0.182. The van der Waals surface area contributed by atoms with E-state index in [9.17, 15) is 8.78 Å². The molecule has 2 aromatic rings. The summed E-state index contributed by atoms with van der Waals surface area (Å²) in [7, 11) is 0. The van der Waals surface area contributed by atoms with E-state index in [0.717, 1.165) is 5.69 Å². The second kappa shape index (κ2) is 3.38. The van der Waals surface area contributed by atoms with Crippen LogP contribution < -0.4 is 5.32 Å². The Hall–Kier alpha value is -1.75. The van der Waals surface area contributed by atoms with Gasteiger partial charge in [-0.1, -0.05) is 0 Å². The zero-order valence-electron chi connectivity index (χ0n) is 8.37. The molecular weight excluding hydrogens is 212 g/mol. The highest BCUT2D eigenvalue weighted by Gasteiger charge is 2.16. The van der Waals surface area contributed by atoms with Crippen LogP contribution in [-0.2, 0) is 13.1 Å². The summed E-state index contributed by atoms with van der Waals surface area (Å²) >= 11 is 0. The molecule has 0 atom stereocenters. The summed E-state index contributed by atoms with van der Waals surface area (Å²) < 4.78 is 27.9. The van der Waals surface area contributed by atoms with E-state index >= 15 is 0 Å². The van der Waals surface area contributed by atoms with Crippen molar-refractivity contribution in [3.8, 4) is 5.69 Å². The van der Waals surface area contributed by atoms with Crippen LogP contribution in [-0.4, -0.2) is 9.78 Å². The van der Waals surface area contributed by atoms with Gasteiger partial charge in [-0.05, 0) is 17.7 Å². The van der Waals surface area contributed by atoms with Gasteiger partial charge in [0, 0.05) is 25.4 Å². The van der Waals surface area contributed by atoms with E-state index in [1.54, 1.807) is 10.9 Å². The van der Waals surface area contributed by atoms with Crippen molar-refractivity contribution in [3.63, 3.8) is 0 Å². The average molecular weight is 221 g/mol. The van der Waals surface area contributed by atoms with Gasteiger partial charge in [0.1, 0.15) is 0 Å². The highest BCUT2D eigenvalue weighted by molar-refractivity contribution is 5.43. The van der Waals surface area contributed by atoms with Gasteiger partial charge in [-0.3, -0.25) is 0 Å². The normalized spacial score (nSPS) is 14.1. The van der Waals surface area contributed by atoms with E-state index in [-0.39, 0.29) is 0 Å². The maximum Gasteiger partial charge on any atom is 0.160 e. The van der Waals surface area contributed by atoms with Gasteiger partial charge >= 0.3 is 0 Å². The first-order valence-corrected chi connectivity index (χ1v) is 4.97. The van der Waals surface area contributed by atoms with Crippen molar-refractivity contribution in [2.45, 2.75) is 13.1 Å². The van der Waals surface area contributed by atoms with Crippen molar-refractivity contribution >= 4 is 0 Å². The summed E-state index contributed by atoms with van der Waals surface area (Å²) in [6.07, 6.45) is 1.65. The molecule has 0 unspecified atom stereocenters. The fourth-order valence-electron chi connectivity index (χ4n) is 1.92. The highest BCUT2D eigenvalue weighted by atomic mass is 19.2. The molecule has 0 spiro atoms. The minimum atomic E-state index is -0.845. The second-order valence-corrected chi connectivity index (χ2v) is 3.73. The molecule has 0 amide bonds. The average Bonchev–Trinajstić information content (AvgIpc) is 2.65. The van der Waals surface area contributed by atoms with E-state index in [4.69, 9.17) is 0 Å². The Morgan fingerprint density at radius 1 is 1.19 bits per heavy atom. The number of aromatic nitrogens is 2. The SMILES string of the molecule is Fc1cc2c(cc1F)-n1nccc1CNC2. The van der Waals surface area contributed by atoms with Gasteiger partial charge in [0.25, 0.3) is 0 Å². The molecule has 0 saturated carbocycles. The van der Waals surface area contributed by atoms with Crippen LogP contribution in [0, 0.1) is 11.6 Å². The standard InChI is InChI=1S/C11H9F2N3/c12-9-3-7-5-14-6-8-1-2-15-16(8)11(7)4-10(9)13/h1-4,14H,5-6H2. The second-order valence-electron chi connectivity index (χ2n) is 3.73. The van der Waals surface area contributed by atoms with E-state index in [1.807, 2.05) is 6.07 Å². The van der Waals surface area contributed by atoms with Gasteiger partial charge in [-0.15, -0.1) is 0 Å². The van der Waals surface area contributed by atoms with Crippen LogP contribution >= 0.6 is 0 Å². The first kappa shape index (κ1) is 9.47. The Bertz CT molecular complexity index is 548. The molecule has 0 fully saturated rings. The first-order valence-electron chi connectivity index (χ1n) is 4.97. The van der Waals surface area contributed by atoms with Crippen molar-refractivity contribution in [2.24, 2.45) is 0 Å². The lowest BCUT2D eigenvalue weighted by molar-refractivity contribution is 0.505. The molecule has 1 aliphatic rings. The van der Waals surface area contributed by atoms with Crippen molar-refractivity contribution in [1.29, 1.82) is 0 Å². The first-order chi connectivity index (χ1) is 7.75. The molecule has 1 aromatic carbocycles. The van der Waals surface area contributed by atoms with Gasteiger partial charge in [-0.2, -0.15) is 5.10 Å². The molecule has 3 rings (SSSR count). The lowest BCUT2D eigenvalue weighted by atomic mass is 10.1. The Morgan fingerprint density at radius 3 is 2.88 bits per heavy atom. The molecule has 0 aliphatic carbocycles. The maximum atomic E-state index is 13.2. The third-order valence-corrected chi connectivity index (χ3v) is 2.69. The molecule has 2 heterocycles. The van der Waals surface area contributed by atoms with Crippen molar-refractivity contribution in [2.75, 3.05) is 0 Å². The number of rotatable bonds is 0. The van der Waals surface area contributed by atoms with Crippen molar-refractivity contribution < 1.29 is 8.78 Å². The molecule has 16 heavy (non-hydrogen) atoms. The van der Waals surface area contributed by atoms with Crippen molar-refractivity contribution in [1.82, 2.24) is 15.1 Å². The van der Waals surface area contributed by atoms with E-state index in [2.05, 4.69) is 10.4 Å². The number of nitrogens with zero attached hydrogens (tertiary/aromatic N) is 2. The lowest BCUT2D eigenvalue weighted by Crippen LogP contribution is -2.10. The topological polar surface area (TPSA) is 29.9 Å². The van der Waals surface area contributed by atoms with Gasteiger partial charge in [0.15, 0.2) is 11.6 Å². The Morgan fingerprint density at radius 2 is 2.00 bits per heavy atom. The maximum absolute atomic E-state index is 13.2. The number of hydrogen-bond donors (Lipinski definition) is 1. The fourth-order valence-corrected chi connectivity index (χ4v) is 1.92. The van der Waals surface area contributed by atoms with Gasteiger partial charge in [0.2, 0.25) is 0 Å². The molecule has 0 saturated heterocycles. The van der Waals surface area contributed by atoms with E-state index in [0.29, 0.717) is 24.3 Å². The van der Waals surface area contributed by atoms with Crippen LogP contribution in [0.3, 0.4) is 0 Å². The Kier molecular flexibility index (Phi) is 2.00. The number of fused-ring (bicyclic) bond motifs is 3. The van der Waals surface area contributed by atoms with Crippen molar-refractivity contribution in [3.05, 3.63) is 47.3 Å². The van der Waals surface area contributed by atoms with Gasteiger partial charge in [-0.25, -0.2) is 13.5 Å². The highest BCUT2D eigenvalue weighted by Crippen LogP contribution is 2.22. The summed E-state index contributed by atoms with van der Waals surface area (Å²) in [5.41, 5.74) is 2.25. The van der Waals surface area contributed by atoms with Crippen LogP contribution in [0.5, 0.6) is 0 Å². The van der Waals surface area contributed by atoms with Crippen LogP contribution in [0.4, 0.5) is 8.78 Å². The number of benzene rings is 1. The molecule has 0 bridgehead atoms. The monoisotopic (exact) mass is 221 g/mol. The van der Waals surface area contributed by atoms with Crippen LogP contribution in [0.1, 0.15) is 11.3 Å². The summed E-state index contributed by atoms with van der Waals surface area (Å²) in [6.45, 7) is 1.15. The smallest absolute Gasteiger partial charge is 0.160 e. The number of hydrogen-bond acceptors (Lipinski definition) is 2. The molecule has 0 radical (unpaired) electrons. The molecule has 3 nitrogen and oxygen atoms in total. The third-order valence-electron chi connectivity index (χ3n) is 2.69. The van der Waals surface area contributed by atoms with Crippen LogP contribution in [0.15, 0.2) is 24.4 Å². The molecule has 1 aliphatic heterocycles. The van der Waals surface area contributed by atoms with Gasteiger partial charge in [0.05, 0.1) is 11.4 Å². The molecule has 5 heteroatoms. The zero-order chi connectivity index (χ0) is 11.1. The Balaban J connectivity index is 2.27. The summed E-state index contributed by atoms with van der Waals surface area (Å²) in [6, 6.07) is 4.26. The predicted molar refractivity (Wildman–Crippen MR) is 54.0 cm³/mol. The van der Waals surface area contributed by atoms with E-state index < -0.39 is 11.6 Å². The van der Waals surface area contributed by atoms with Crippen LogP contribution in [0.25, 0.3) is 5.69 Å². The molecular formula is C11H9F2N3. The van der Waals surface area contributed by atoms with Crippen LogP contribution in [0.2, 0.25) is 0 Å². The molecule has 82 valence electrons. The minimum Gasteiger partial charge on any atom is -0.307 e. The zero-order valence-corrected chi connectivity index (χ0v) is 8.37. The largest absolute Gasteiger partial charge is 0.307 e. The number of nitrogens with one attached hydrogen (secondary N) is 1. The molecule has 1 N–H and O–H groups in total. The van der Waals surface area contributed by atoms with E-state index in [1.165, 1.54) is 12.1 Å². The molecule has 1 aromatic heterocycles. The quantitative estimate of drug-likeness (QED) is 0.734. The van der Waals surface area contributed by atoms with Gasteiger partial charge < -0.3 is 5.32 Å². The lowest BCUT2D eigenvalue weighted by Gasteiger charge is -2.08. The summed E-state index contributed by atoms with van der Waals surface area (Å²) in [5.74, 6) is -1.67.